The summed E-state index contributed by atoms with van der Waals surface area (Å²) in [5, 5.41) is 11.7. The second-order valence-corrected chi connectivity index (χ2v) is 3.66. The van der Waals surface area contributed by atoms with Crippen LogP contribution in [0.1, 0.15) is 12.6 Å². The average Bonchev–Trinajstić information content (AvgIpc) is 2.62. The molecule has 1 aromatic rings. The Morgan fingerprint density at radius 3 is 2.92 bits per heavy atom. The minimum Gasteiger partial charge on any atom is -0.395 e. The van der Waals surface area contributed by atoms with E-state index in [-0.39, 0.29) is 6.61 Å². The molecule has 0 bridgehead atoms. The molecule has 0 aliphatic rings. The minimum atomic E-state index is 0.156. The van der Waals surface area contributed by atoms with Crippen LogP contribution < -0.4 is 4.90 Å². The van der Waals surface area contributed by atoms with Gasteiger partial charge in [-0.05, 0) is 6.92 Å². The van der Waals surface area contributed by atoms with E-state index in [4.69, 9.17) is 16.7 Å². The standard InChI is InChI=1S/C8H13ClN2OS/c1-2-11(3-4-12)8-10-7(5-9)6-13-8/h6,12H,2-5H2,1H3. The summed E-state index contributed by atoms with van der Waals surface area (Å²) in [5.74, 6) is 0.452. The van der Waals surface area contributed by atoms with Crippen molar-refractivity contribution < 1.29 is 5.11 Å². The van der Waals surface area contributed by atoms with Crippen molar-refractivity contribution in [2.75, 3.05) is 24.6 Å². The van der Waals surface area contributed by atoms with E-state index in [0.29, 0.717) is 12.4 Å². The molecule has 0 aromatic carbocycles. The van der Waals surface area contributed by atoms with E-state index in [0.717, 1.165) is 17.4 Å². The van der Waals surface area contributed by atoms with Crippen LogP contribution >= 0.6 is 22.9 Å². The van der Waals surface area contributed by atoms with Crippen molar-refractivity contribution in [1.29, 1.82) is 0 Å². The average molecular weight is 221 g/mol. The van der Waals surface area contributed by atoms with Crippen molar-refractivity contribution in [2.45, 2.75) is 12.8 Å². The molecular weight excluding hydrogens is 208 g/mol. The molecule has 0 saturated heterocycles. The molecule has 1 rings (SSSR count). The summed E-state index contributed by atoms with van der Waals surface area (Å²) in [4.78, 5) is 6.35. The van der Waals surface area contributed by atoms with Gasteiger partial charge in [-0.25, -0.2) is 4.98 Å². The Morgan fingerprint density at radius 1 is 1.69 bits per heavy atom. The van der Waals surface area contributed by atoms with E-state index in [2.05, 4.69) is 4.98 Å². The van der Waals surface area contributed by atoms with Crippen molar-refractivity contribution in [3.63, 3.8) is 0 Å². The molecule has 0 fully saturated rings. The Morgan fingerprint density at radius 2 is 2.46 bits per heavy atom. The SMILES string of the molecule is CCN(CCO)c1nc(CCl)cs1. The summed E-state index contributed by atoms with van der Waals surface area (Å²) in [6.07, 6.45) is 0. The molecular formula is C8H13ClN2OS. The van der Waals surface area contributed by atoms with Gasteiger partial charge >= 0.3 is 0 Å². The van der Waals surface area contributed by atoms with Crippen LogP contribution in [0.3, 0.4) is 0 Å². The lowest BCUT2D eigenvalue weighted by molar-refractivity contribution is 0.302. The summed E-state index contributed by atoms with van der Waals surface area (Å²) >= 11 is 7.21. The number of alkyl halides is 1. The van der Waals surface area contributed by atoms with Gasteiger partial charge in [-0.1, -0.05) is 0 Å². The third kappa shape index (κ3) is 2.83. The molecule has 0 aliphatic carbocycles. The highest BCUT2D eigenvalue weighted by molar-refractivity contribution is 7.13. The Bertz CT molecular complexity index is 254. The smallest absolute Gasteiger partial charge is 0.185 e. The number of halogens is 1. The van der Waals surface area contributed by atoms with Crippen LogP contribution in [0.25, 0.3) is 0 Å². The fraction of sp³-hybridized carbons (Fsp3) is 0.625. The fourth-order valence-electron chi connectivity index (χ4n) is 1.01. The first kappa shape index (κ1) is 10.8. The quantitative estimate of drug-likeness (QED) is 0.768. The molecule has 0 spiro atoms. The van der Waals surface area contributed by atoms with Crippen molar-refractivity contribution >= 4 is 28.1 Å². The van der Waals surface area contributed by atoms with Gasteiger partial charge in [-0.3, -0.25) is 0 Å². The predicted molar refractivity (Wildman–Crippen MR) is 56.6 cm³/mol. The van der Waals surface area contributed by atoms with E-state index in [1.165, 1.54) is 0 Å². The first-order chi connectivity index (χ1) is 6.31. The summed E-state index contributed by atoms with van der Waals surface area (Å²) in [6, 6.07) is 0. The van der Waals surface area contributed by atoms with Crippen LogP contribution in [-0.2, 0) is 5.88 Å². The molecule has 1 aromatic heterocycles. The maximum absolute atomic E-state index is 8.80. The van der Waals surface area contributed by atoms with Gasteiger partial charge in [0.2, 0.25) is 0 Å². The molecule has 74 valence electrons. The number of aliphatic hydroxyl groups excluding tert-OH is 1. The number of anilines is 1. The third-order valence-electron chi connectivity index (χ3n) is 1.70. The number of aromatic nitrogens is 1. The van der Waals surface area contributed by atoms with Gasteiger partial charge in [0.1, 0.15) is 0 Å². The molecule has 0 unspecified atom stereocenters. The zero-order chi connectivity index (χ0) is 9.68. The second kappa shape index (κ2) is 5.42. The van der Waals surface area contributed by atoms with Crippen LogP contribution in [-0.4, -0.2) is 29.8 Å². The van der Waals surface area contributed by atoms with Gasteiger partial charge in [-0.2, -0.15) is 0 Å². The van der Waals surface area contributed by atoms with Gasteiger partial charge in [-0.15, -0.1) is 22.9 Å². The normalized spacial score (nSPS) is 10.4. The number of rotatable bonds is 5. The number of hydrogen-bond donors (Lipinski definition) is 1. The Kier molecular flexibility index (Phi) is 4.48. The van der Waals surface area contributed by atoms with E-state index in [1.807, 2.05) is 17.2 Å². The number of hydrogen-bond acceptors (Lipinski definition) is 4. The maximum Gasteiger partial charge on any atom is 0.185 e. The topological polar surface area (TPSA) is 36.4 Å². The largest absolute Gasteiger partial charge is 0.395 e. The summed E-state index contributed by atoms with van der Waals surface area (Å²) in [5.41, 5.74) is 0.901. The summed E-state index contributed by atoms with van der Waals surface area (Å²) in [6.45, 7) is 3.68. The fourth-order valence-corrected chi connectivity index (χ4v) is 2.16. The van der Waals surface area contributed by atoms with Gasteiger partial charge in [0.15, 0.2) is 5.13 Å². The minimum absolute atomic E-state index is 0.156. The Hall–Kier alpha value is -0.320. The zero-order valence-corrected chi connectivity index (χ0v) is 9.11. The van der Waals surface area contributed by atoms with Crippen LogP contribution in [0.4, 0.5) is 5.13 Å². The highest BCUT2D eigenvalue weighted by Gasteiger charge is 2.07. The van der Waals surface area contributed by atoms with Crippen molar-refractivity contribution in [1.82, 2.24) is 4.98 Å². The second-order valence-electron chi connectivity index (χ2n) is 2.56. The van der Waals surface area contributed by atoms with E-state index >= 15 is 0 Å². The van der Waals surface area contributed by atoms with Crippen LogP contribution in [0.5, 0.6) is 0 Å². The molecule has 5 heteroatoms. The summed E-state index contributed by atoms with van der Waals surface area (Å²) in [7, 11) is 0. The van der Waals surface area contributed by atoms with E-state index < -0.39 is 0 Å². The lowest BCUT2D eigenvalue weighted by Crippen LogP contribution is -2.25. The molecule has 13 heavy (non-hydrogen) atoms. The predicted octanol–water partition coefficient (Wildman–Crippen LogP) is 1.70. The first-order valence-electron chi connectivity index (χ1n) is 4.18. The van der Waals surface area contributed by atoms with Crippen molar-refractivity contribution in [3.8, 4) is 0 Å². The number of nitrogens with zero attached hydrogens (tertiary/aromatic N) is 2. The zero-order valence-electron chi connectivity index (χ0n) is 7.53. The molecule has 1 N–H and O–H groups in total. The molecule has 0 radical (unpaired) electrons. The highest BCUT2D eigenvalue weighted by atomic mass is 35.5. The number of likely N-dealkylation sites (N-methyl/N-ethyl adjacent to an activating group) is 1. The Balaban J connectivity index is 2.67. The van der Waals surface area contributed by atoms with Crippen LogP contribution in [0.2, 0.25) is 0 Å². The lowest BCUT2D eigenvalue weighted by Gasteiger charge is -2.17. The number of aliphatic hydroxyl groups is 1. The van der Waals surface area contributed by atoms with Gasteiger partial charge < -0.3 is 10.0 Å². The highest BCUT2D eigenvalue weighted by Crippen LogP contribution is 2.20. The molecule has 3 nitrogen and oxygen atoms in total. The van der Waals surface area contributed by atoms with E-state index in [9.17, 15) is 0 Å². The van der Waals surface area contributed by atoms with Crippen LogP contribution in [0, 0.1) is 0 Å². The monoisotopic (exact) mass is 220 g/mol. The van der Waals surface area contributed by atoms with Gasteiger partial charge in [0, 0.05) is 18.5 Å². The maximum atomic E-state index is 8.80. The molecule has 1 heterocycles. The van der Waals surface area contributed by atoms with Crippen molar-refractivity contribution in [3.05, 3.63) is 11.1 Å². The first-order valence-corrected chi connectivity index (χ1v) is 5.59. The van der Waals surface area contributed by atoms with Crippen LogP contribution in [0.15, 0.2) is 5.38 Å². The van der Waals surface area contributed by atoms with Gasteiger partial charge in [0.25, 0.3) is 0 Å². The molecule has 0 amide bonds. The molecule has 0 aliphatic heterocycles. The third-order valence-corrected chi connectivity index (χ3v) is 2.92. The molecule has 0 saturated carbocycles. The lowest BCUT2D eigenvalue weighted by atomic mass is 10.5. The number of thiazole rings is 1. The van der Waals surface area contributed by atoms with E-state index in [1.54, 1.807) is 11.3 Å². The van der Waals surface area contributed by atoms with Gasteiger partial charge in [0.05, 0.1) is 18.2 Å². The van der Waals surface area contributed by atoms with Crippen molar-refractivity contribution in [2.24, 2.45) is 0 Å². The summed E-state index contributed by atoms with van der Waals surface area (Å²) < 4.78 is 0. The Labute approximate surface area is 87.0 Å². The molecule has 0 atom stereocenters.